The molecule has 0 heterocycles. The molecule has 1 aromatic carbocycles. The first-order valence-electron chi connectivity index (χ1n) is 6.25. The minimum atomic E-state index is -0.398. The summed E-state index contributed by atoms with van der Waals surface area (Å²) in [7, 11) is 1.59. The molecule has 0 aliphatic carbocycles. The Morgan fingerprint density at radius 1 is 1.32 bits per heavy atom. The summed E-state index contributed by atoms with van der Waals surface area (Å²) in [6, 6.07) is 10.2. The maximum Gasteiger partial charge on any atom is 0.407 e. The Labute approximate surface area is 113 Å². The number of alkyl carbamates (subject to hydrolysis) is 1. The minimum absolute atomic E-state index is 0.275. The second-order valence-corrected chi connectivity index (χ2v) is 3.93. The maximum atomic E-state index is 11.4. The number of hydrogen-bond acceptors (Lipinski definition) is 4. The van der Waals surface area contributed by atoms with Gasteiger partial charge in [-0.05, 0) is 24.5 Å². The first kappa shape index (κ1) is 15.5. The average Bonchev–Trinajstić information content (AvgIpc) is 2.45. The van der Waals surface area contributed by atoms with Crippen LogP contribution in [-0.2, 0) is 20.8 Å². The van der Waals surface area contributed by atoms with Crippen LogP contribution < -0.4 is 5.32 Å². The Hall–Kier alpha value is -1.59. The first-order valence-corrected chi connectivity index (χ1v) is 6.25. The predicted molar refractivity (Wildman–Crippen MR) is 70.5 cm³/mol. The lowest BCUT2D eigenvalue weighted by molar-refractivity contribution is -0.0314. The maximum absolute atomic E-state index is 11.4. The third-order valence-electron chi connectivity index (χ3n) is 2.34. The van der Waals surface area contributed by atoms with Gasteiger partial charge < -0.3 is 19.5 Å². The molecular weight excluding hydrogens is 246 g/mol. The number of amides is 1. The number of unbranched alkanes of at least 4 members (excludes halogenated alkanes) is 1. The molecule has 1 radical (unpaired) electrons. The number of hydrogen-bond donors (Lipinski definition) is 1. The highest BCUT2D eigenvalue weighted by Crippen LogP contribution is 2.00. The van der Waals surface area contributed by atoms with E-state index in [0.717, 1.165) is 18.4 Å². The SMILES string of the molecule is COCOCCCCNC(=O)OCc1cc[c]cc1. The van der Waals surface area contributed by atoms with Crippen LogP contribution in [-0.4, -0.2) is 33.1 Å². The van der Waals surface area contributed by atoms with Crippen LogP contribution >= 0.6 is 0 Å². The summed E-state index contributed by atoms with van der Waals surface area (Å²) in [5.41, 5.74) is 0.946. The number of benzene rings is 1. The molecule has 105 valence electrons. The highest BCUT2D eigenvalue weighted by Gasteiger charge is 2.01. The van der Waals surface area contributed by atoms with E-state index in [0.29, 0.717) is 19.9 Å². The van der Waals surface area contributed by atoms with Gasteiger partial charge in [0.05, 0.1) is 0 Å². The molecule has 19 heavy (non-hydrogen) atoms. The number of methoxy groups -OCH3 is 1. The third-order valence-corrected chi connectivity index (χ3v) is 2.34. The zero-order chi connectivity index (χ0) is 13.8. The number of nitrogens with one attached hydrogen (secondary N) is 1. The molecule has 1 aromatic rings. The van der Waals surface area contributed by atoms with Crippen LogP contribution in [0.2, 0.25) is 0 Å². The molecule has 5 heteroatoms. The van der Waals surface area contributed by atoms with Crippen LogP contribution in [0.5, 0.6) is 0 Å². The minimum Gasteiger partial charge on any atom is -0.445 e. The van der Waals surface area contributed by atoms with Crippen LogP contribution in [0.1, 0.15) is 18.4 Å². The lowest BCUT2D eigenvalue weighted by atomic mass is 10.2. The van der Waals surface area contributed by atoms with Gasteiger partial charge >= 0.3 is 6.09 Å². The second-order valence-electron chi connectivity index (χ2n) is 3.93. The lowest BCUT2D eigenvalue weighted by Gasteiger charge is -2.07. The predicted octanol–water partition coefficient (Wildman–Crippen LogP) is 2.11. The van der Waals surface area contributed by atoms with Crippen molar-refractivity contribution in [2.24, 2.45) is 0 Å². The molecule has 1 rings (SSSR count). The first-order chi connectivity index (χ1) is 9.33. The Kier molecular flexibility index (Phi) is 8.42. The molecule has 0 saturated heterocycles. The Morgan fingerprint density at radius 3 is 2.84 bits per heavy atom. The van der Waals surface area contributed by atoms with E-state index in [1.807, 2.05) is 12.1 Å². The quantitative estimate of drug-likeness (QED) is 0.549. The van der Waals surface area contributed by atoms with Crippen molar-refractivity contribution in [1.82, 2.24) is 5.32 Å². The molecule has 0 atom stereocenters. The molecule has 0 unspecified atom stereocenters. The van der Waals surface area contributed by atoms with E-state index in [2.05, 4.69) is 11.4 Å². The van der Waals surface area contributed by atoms with Crippen LogP contribution in [0.4, 0.5) is 4.79 Å². The van der Waals surface area contributed by atoms with Gasteiger partial charge in [0.15, 0.2) is 0 Å². The molecule has 0 aliphatic heterocycles. The topological polar surface area (TPSA) is 56.8 Å². The van der Waals surface area contributed by atoms with Crippen molar-refractivity contribution >= 4 is 6.09 Å². The van der Waals surface area contributed by atoms with Crippen LogP contribution in [0.25, 0.3) is 0 Å². The summed E-state index contributed by atoms with van der Waals surface area (Å²) in [4.78, 5) is 11.4. The molecule has 5 nitrogen and oxygen atoms in total. The van der Waals surface area contributed by atoms with E-state index in [-0.39, 0.29) is 6.61 Å². The van der Waals surface area contributed by atoms with Crippen molar-refractivity contribution in [3.05, 3.63) is 35.9 Å². The summed E-state index contributed by atoms with van der Waals surface area (Å²) in [6.07, 6.45) is 1.32. The lowest BCUT2D eigenvalue weighted by Crippen LogP contribution is -2.25. The Morgan fingerprint density at radius 2 is 2.11 bits per heavy atom. The van der Waals surface area contributed by atoms with Crippen molar-refractivity contribution < 1.29 is 19.0 Å². The van der Waals surface area contributed by atoms with Gasteiger partial charge in [-0.25, -0.2) is 4.79 Å². The van der Waals surface area contributed by atoms with E-state index in [1.54, 1.807) is 19.2 Å². The zero-order valence-electron chi connectivity index (χ0n) is 11.2. The van der Waals surface area contributed by atoms with Gasteiger partial charge in [-0.2, -0.15) is 0 Å². The van der Waals surface area contributed by atoms with Gasteiger partial charge in [0.1, 0.15) is 13.4 Å². The van der Waals surface area contributed by atoms with Crippen LogP contribution in [0.3, 0.4) is 0 Å². The van der Waals surface area contributed by atoms with Crippen molar-refractivity contribution in [2.75, 3.05) is 27.1 Å². The van der Waals surface area contributed by atoms with E-state index in [9.17, 15) is 4.79 Å². The molecule has 1 N–H and O–H groups in total. The van der Waals surface area contributed by atoms with Gasteiger partial charge in [0.25, 0.3) is 0 Å². The van der Waals surface area contributed by atoms with Crippen LogP contribution in [0.15, 0.2) is 24.3 Å². The van der Waals surface area contributed by atoms with Gasteiger partial charge in [-0.1, -0.05) is 24.3 Å². The summed E-state index contributed by atoms with van der Waals surface area (Å²) >= 11 is 0. The van der Waals surface area contributed by atoms with Gasteiger partial charge in [0, 0.05) is 20.3 Å². The third kappa shape index (κ3) is 8.18. The van der Waals surface area contributed by atoms with Crippen molar-refractivity contribution in [1.29, 1.82) is 0 Å². The molecular formula is C14H20NO4. The smallest absolute Gasteiger partial charge is 0.407 e. The van der Waals surface area contributed by atoms with Gasteiger partial charge in [-0.3, -0.25) is 0 Å². The highest BCUT2D eigenvalue weighted by atomic mass is 16.7. The Balaban J connectivity index is 1.96. The summed E-state index contributed by atoms with van der Waals surface area (Å²) in [5, 5.41) is 2.69. The van der Waals surface area contributed by atoms with Gasteiger partial charge in [0.2, 0.25) is 0 Å². The normalized spacial score (nSPS) is 10.2. The number of rotatable bonds is 9. The molecule has 0 fully saturated rings. The molecule has 0 aliphatic rings. The molecule has 0 saturated carbocycles. The zero-order valence-corrected chi connectivity index (χ0v) is 11.2. The van der Waals surface area contributed by atoms with Crippen molar-refractivity contribution in [3.63, 3.8) is 0 Å². The number of ether oxygens (including phenoxy) is 3. The standard InChI is InChI=1S/C14H20NO4/c1-17-12-18-10-6-5-9-15-14(16)19-11-13-7-3-2-4-8-13/h3-4,7-8H,5-6,9-12H2,1H3,(H,15,16). The largest absolute Gasteiger partial charge is 0.445 e. The fourth-order valence-electron chi connectivity index (χ4n) is 1.38. The molecule has 0 bridgehead atoms. The molecule has 0 aromatic heterocycles. The van der Waals surface area contributed by atoms with E-state index >= 15 is 0 Å². The fourth-order valence-corrected chi connectivity index (χ4v) is 1.38. The number of carbonyl (C=O) groups excluding carboxylic acids is 1. The van der Waals surface area contributed by atoms with Gasteiger partial charge in [-0.15, -0.1) is 0 Å². The summed E-state index contributed by atoms with van der Waals surface area (Å²) < 4.78 is 14.9. The highest BCUT2D eigenvalue weighted by molar-refractivity contribution is 5.67. The van der Waals surface area contributed by atoms with Crippen LogP contribution in [0, 0.1) is 6.07 Å². The van der Waals surface area contributed by atoms with E-state index in [4.69, 9.17) is 14.2 Å². The summed E-state index contributed by atoms with van der Waals surface area (Å²) in [6.45, 7) is 1.80. The average molecular weight is 266 g/mol. The fraction of sp³-hybridized carbons (Fsp3) is 0.500. The molecule has 1 amide bonds. The van der Waals surface area contributed by atoms with E-state index < -0.39 is 6.09 Å². The monoisotopic (exact) mass is 266 g/mol. The Bertz CT molecular complexity index is 343. The number of carbonyl (C=O) groups is 1. The second kappa shape index (κ2) is 10.3. The van der Waals surface area contributed by atoms with Crippen molar-refractivity contribution in [3.8, 4) is 0 Å². The summed E-state index contributed by atoms with van der Waals surface area (Å²) in [5.74, 6) is 0. The van der Waals surface area contributed by atoms with E-state index in [1.165, 1.54) is 0 Å². The van der Waals surface area contributed by atoms with Crippen molar-refractivity contribution in [2.45, 2.75) is 19.4 Å². The molecule has 0 spiro atoms.